The van der Waals surface area contributed by atoms with E-state index in [1.165, 1.54) is 4.90 Å². The molecule has 1 unspecified atom stereocenters. The number of hydrogen-bond donors (Lipinski definition) is 1. The summed E-state index contributed by atoms with van der Waals surface area (Å²) in [6.45, 7) is 0. The number of carboxylic acid groups (broad SMARTS) is 1. The van der Waals surface area contributed by atoms with Gasteiger partial charge in [-0.15, -0.1) is 0 Å². The molecule has 1 N–H and O–H groups in total. The number of nitrogens with zero attached hydrogens (tertiary/aromatic N) is 2. The number of aromatic nitrogens is 1. The molecule has 1 amide bonds. The van der Waals surface area contributed by atoms with E-state index in [0.29, 0.717) is 18.4 Å². The number of likely N-dealkylation sites (tertiary alicyclic amines) is 1. The molecular weight excluding hydrogens is 352 g/mol. The fourth-order valence-corrected chi connectivity index (χ4v) is 3.82. The molecule has 0 bridgehead atoms. The van der Waals surface area contributed by atoms with Gasteiger partial charge in [-0.2, -0.15) is 0 Å². The van der Waals surface area contributed by atoms with Gasteiger partial charge in [0.25, 0.3) is 5.91 Å². The van der Waals surface area contributed by atoms with E-state index in [1.54, 1.807) is 30.6 Å². The largest absolute Gasteiger partial charge is 0.480 e. The molecule has 3 aromatic rings. The Bertz CT molecular complexity index is 972. The third kappa shape index (κ3) is 3.39. The summed E-state index contributed by atoms with van der Waals surface area (Å²) in [5.41, 5.74) is 3.43. The summed E-state index contributed by atoms with van der Waals surface area (Å²) in [7, 11) is 0. The summed E-state index contributed by atoms with van der Waals surface area (Å²) in [5, 5.41) is 9.63. The van der Waals surface area contributed by atoms with Crippen LogP contribution < -0.4 is 0 Å². The number of aliphatic carboxylic acids is 1. The van der Waals surface area contributed by atoms with Gasteiger partial charge in [-0.1, -0.05) is 48.5 Å². The average Bonchev–Trinajstić information content (AvgIpc) is 3.20. The van der Waals surface area contributed by atoms with Crippen LogP contribution in [0.1, 0.15) is 34.8 Å². The van der Waals surface area contributed by atoms with Crippen molar-refractivity contribution in [2.75, 3.05) is 0 Å². The number of amides is 1. The van der Waals surface area contributed by atoms with Crippen molar-refractivity contribution in [3.05, 3.63) is 90.3 Å². The van der Waals surface area contributed by atoms with Gasteiger partial charge in [-0.3, -0.25) is 9.78 Å². The Hall–Kier alpha value is -3.47. The lowest BCUT2D eigenvalue weighted by Crippen LogP contribution is -2.41. The second-order valence-corrected chi connectivity index (χ2v) is 6.89. The second kappa shape index (κ2) is 7.64. The summed E-state index contributed by atoms with van der Waals surface area (Å²) in [6, 6.07) is 19.8. The number of carbonyl (C=O) groups is 2. The molecule has 0 saturated carbocycles. The molecular formula is C23H20N2O3. The molecule has 1 saturated heterocycles. The van der Waals surface area contributed by atoms with E-state index >= 15 is 0 Å². The first kappa shape index (κ1) is 17.9. The molecule has 4 rings (SSSR count). The van der Waals surface area contributed by atoms with Gasteiger partial charge in [0.15, 0.2) is 0 Å². The topological polar surface area (TPSA) is 70.5 Å². The van der Waals surface area contributed by atoms with Crippen LogP contribution in [0, 0.1) is 0 Å². The summed E-state index contributed by atoms with van der Waals surface area (Å²) < 4.78 is 0. The van der Waals surface area contributed by atoms with Gasteiger partial charge in [-0.05, 0) is 47.7 Å². The van der Waals surface area contributed by atoms with E-state index in [-0.39, 0.29) is 11.9 Å². The molecule has 1 fully saturated rings. The summed E-state index contributed by atoms with van der Waals surface area (Å²) in [4.78, 5) is 30.6. The van der Waals surface area contributed by atoms with Crippen molar-refractivity contribution < 1.29 is 14.7 Å². The molecule has 1 aliphatic heterocycles. The molecule has 5 heteroatoms. The highest BCUT2D eigenvalue weighted by Crippen LogP contribution is 2.37. The summed E-state index contributed by atoms with van der Waals surface area (Å²) in [6.07, 6.45) is 4.41. The zero-order valence-corrected chi connectivity index (χ0v) is 15.2. The number of benzene rings is 2. The minimum Gasteiger partial charge on any atom is -0.480 e. The van der Waals surface area contributed by atoms with E-state index in [0.717, 1.165) is 16.7 Å². The maximum atomic E-state index is 13.2. The Balaban J connectivity index is 1.64. The highest BCUT2D eigenvalue weighted by Gasteiger charge is 2.42. The molecule has 1 aromatic heterocycles. The normalized spacial score (nSPS) is 18.8. The van der Waals surface area contributed by atoms with Gasteiger partial charge in [0.05, 0.1) is 6.04 Å². The zero-order valence-electron chi connectivity index (χ0n) is 15.2. The van der Waals surface area contributed by atoms with Crippen molar-refractivity contribution in [3.8, 4) is 11.1 Å². The van der Waals surface area contributed by atoms with Crippen LogP contribution in [-0.2, 0) is 4.79 Å². The Morgan fingerprint density at radius 1 is 0.893 bits per heavy atom. The van der Waals surface area contributed by atoms with Gasteiger partial charge >= 0.3 is 5.97 Å². The Morgan fingerprint density at radius 3 is 2.25 bits per heavy atom. The van der Waals surface area contributed by atoms with E-state index in [4.69, 9.17) is 0 Å². The lowest BCUT2D eigenvalue weighted by molar-refractivity contribution is -0.141. The van der Waals surface area contributed by atoms with E-state index in [9.17, 15) is 14.7 Å². The van der Waals surface area contributed by atoms with Gasteiger partial charge < -0.3 is 10.0 Å². The predicted molar refractivity (Wildman–Crippen MR) is 106 cm³/mol. The molecule has 0 aliphatic carbocycles. The number of carboxylic acids is 1. The standard InChI is InChI=1S/C23H20N2O3/c26-22(18-10-8-17(9-11-18)16-5-2-1-3-6-16)25-20(12-13-21(25)23(27)28)19-7-4-14-24-15-19/h1-11,14-15,20-21H,12-13H2,(H,27,28)/t20?,21-/m0/s1. The average molecular weight is 372 g/mol. The Labute approximate surface area is 163 Å². The molecule has 2 atom stereocenters. The van der Waals surface area contributed by atoms with Crippen LogP contribution >= 0.6 is 0 Å². The van der Waals surface area contributed by atoms with Crippen LogP contribution in [0.3, 0.4) is 0 Å². The van der Waals surface area contributed by atoms with Crippen LogP contribution in [0.4, 0.5) is 0 Å². The smallest absolute Gasteiger partial charge is 0.326 e. The van der Waals surface area contributed by atoms with E-state index < -0.39 is 12.0 Å². The van der Waals surface area contributed by atoms with Crippen LogP contribution in [0.5, 0.6) is 0 Å². The SMILES string of the molecule is O=C(O)[C@@H]1CCC(c2cccnc2)N1C(=O)c1ccc(-c2ccccc2)cc1. The van der Waals surface area contributed by atoms with Gasteiger partial charge in [-0.25, -0.2) is 4.79 Å². The molecule has 140 valence electrons. The Kier molecular flexibility index (Phi) is 4.89. The maximum absolute atomic E-state index is 13.2. The van der Waals surface area contributed by atoms with Crippen LogP contribution in [0.2, 0.25) is 0 Å². The summed E-state index contributed by atoms with van der Waals surface area (Å²) >= 11 is 0. The minimum absolute atomic E-state index is 0.265. The van der Waals surface area contributed by atoms with Gasteiger partial charge in [0.2, 0.25) is 0 Å². The first-order valence-electron chi connectivity index (χ1n) is 9.26. The van der Waals surface area contributed by atoms with Crippen LogP contribution in [0.15, 0.2) is 79.1 Å². The Morgan fingerprint density at radius 2 is 1.61 bits per heavy atom. The molecule has 1 aliphatic rings. The maximum Gasteiger partial charge on any atom is 0.326 e. The van der Waals surface area contributed by atoms with Gasteiger partial charge in [0, 0.05) is 18.0 Å². The van der Waals surface area contributed by atoms with Crippen molar-refractivity contribution in [2.24, 2.45) is 0 Å². The fraction of sp³-hybridized carbons (Fsp3) is 0.174. The molecule has 2 heterocycles. The lowest BCUT2D eigenvalue weighted by atomic mass is 10.0. The third-order valence-corrected chi connectivity index (χ3v) is 5.21. The lowest BCUT2D eigenvalue weighted by Gasteiger charge is -2.28. The van der Waals surface area contributed by atoms with Crippen molar-refractivity contribution in [1.29, 1.82) is 0 Å². The fourth-order valence-electron chi connectivity index (χ4n) is 3.82. The van der Waals surface area contributed by atoms with E-state index in [1.807, 2.05) is 48.5 Å². The third-order valence-electron chi connectivity index (χ3n) is 5.21. The highest BCUT2D eigenvalue weighted by molar-refractivity contribution is 5.97. The second-order valence-electron chi connectivity index (χ2n) is 6.89. The number of hydrogen-bond acceptors (Lipinski definition) is 3. The van der Waals surface area contributed by atoms with Crippen molar-refractivity contribution in [1.82, 2.24) is 9.88 Å². The highest BCUT2D eigenvalue weighted by atomic mass is 16.4. The molecule has 0 spiro atoms. The molecule has 28 heavy (non-hydrogen) atoms. The molecule has 0 radical (unpaired) electrons. The number of carbonyl (C=O) groups excluding carboxylic acids is 1. The van der Waals surface area contributed by atoms with Crippen molar-refractivity contribution >= 4 is 11.9 Å². The quantitative estimate of drug-likeness (QED) is 0.746. The van der Waals surface area contributed by atoms with Crippen LogP contribution in [0.25, 0.3) is 11.1 Å². The monoisotopic (exact) mass is 372 g/mol. The van der Waals surface area contributed by atoms with Crippen molar-refractivity contribution in [2.45, 2.75) is 24.9 Å². The predicted octanol–water partition coefficient (Wildman–Crippen LogP) is 4.18. The molecule has 5 nitrogen and oxygen atoms in total. The number of pyridine rings is 1. The van der Waals surface area contributed by atoms with Crippen LogP contribution in [-0.4, -0.2) is 32.9 Å². The summed E-state index contributed by atoms with van der Waals surface area (Å²) in [5.74, 6) is -1.24. The first-order valence-corrected chi connectivity index (χ1v) is 9.26. The van der Waals surface area contributed by atoms with E-state index in [2.05, 4.69) is 4.98 Å². The molecule has 2 aromatic carbocycles. The van der Waals surface area contributed by atoms with Gasteiger partial charge in [0.1, 0.15) is 6.04 Å². The first-order chi connectivity index (χ1) is 13.6. The zero-order chi connectivity index (χ0) is 19.5. The number of rotatable bonds is 4. The van der Waals surface area contributed by atoms with Crippen molar-refractivity contribution in [3.63, 3.8) is 0 Å². The minimum atomic E-state index is -0.972.